The molecule has 2 unspecified atom stereocenters. The number of alkyl halides is 3. The van der Waals surface area contributed by atoms with E-state index in [0.29, 0.717) is 19.1 Å². The lowest BCUT2D eigenvalue weighted by Crippen LogP contribution is -2.47. The fourth-order valence-electron chi connectivity index (χ4n) is 4.35. The molecule has 1 aliphatic carbocycles. The summed E-state index contributed by atoms with van der Waals surface area (Å²) in [5.74, 6) is -3.12. The SMILES string of the molecule is O=C(Cn1nc(C(=O)O)cc1OCc1ccc(C(F)(F)F)cc1F)NC1CCCCC1OCc1ccccc1. The number of halogens is 4. The maximum absolute atomic E-state index is 14.2. The Labute approximate surface area is 221 Å². The van der Waals surface area contributed by atoms with Gasteiger partial charge in [0, 0.05) is 11.6 Å². The van der Waals surface area contributed by atoms with Gasteiger partial charge in [0.1, 0.15) is 19.0 Å². The van der Waals surface area contributed by atoms with Crippen LogP contribution in [0.5, 0.6) is 5.88 Å². The zero-order valence-electron chi connectivity index (χ0n) is 20.8. The molecule has 0 spiro atoms. The van der Waals surface area contributed by atoms with Crippen molar-refractivity contribution in [3.8, 4) is 5.88 Å². The normalized spacial score (nSPS) is 17.5. The summed E-state index contributed by atoms with van der Waals surface area (Å²) >= 11 is 0. The van der Waals surface area contributed by atoms with Crippen LogP contribution in [-0.2, 0) is 35.5 Å². The Bertz CT molecular complexity index is 1300. The number of carboxylic acid groups (broad SMARTS) is 1. The van der Waals surface area contributed by atoms with Crippen LogP contribution >= 0.6 is 0 Å². The first kappa shape index (κ1) is 28.1. The molecule has 1 amide bonds. The number of ether oxygens (including phenoxy) is 2. The minimum atomic E-state index is -4.70. The Morgan fingerprint density at radius 3 is 2.49 bits per heavy atom. The monoisotopic (exact) mass is 549 g/mol. The zero-order chi connectivity index (χ0) is 28.0. The van der Waals surface area contributed by atoms with E-state index in [2.05, 4.69) is 10.4 Å². The summed E-state index contributed by atoms with van der Waals surface area (Å²) < 4.78 is 65.2. The molecule has 1 heterocycles. The van der Waals surface area contributed by atoms with Gasteiger partial charge in [0.25, 0.3) is 0 Å². The second kappa shape index (κ2) is 12.3. The number of aromatic nitrogens is 2. The van der Waals surface area contributed by atoms with Gasteiger partial charge in [-0.05, 0) is 30.5 Å². The third kappa shape index (κ3) is 7.56. The summed E-state index contributed by atoms with van der Waals surface area (Å²) in [5.41, 5.74) is -0.727. The fourth-order valence-corrected chi connectivity index (χ4v) is 4.35. The van der Waals surface area contributed by atoms with Gasteiger partial charge in [-0.2, -0.15) is 18.3 Å². The first-order valence-corrected chi connectivity index (χ1v) is 12.3. The molecular formula is C27H27F4N3O5. The van der Waals surface area contributed by atoms with Crippen LogP contribution < -0.4 is 10.1 Å². The summed E-state index contributed by atoms with van der Waals surface area (Å²) in [6.45, 7) is -0.494. The Balaban J connectivity index is 1.40. The third-order valence-electron chi connectivity index (χ3n) is 6.37. The van der Waals surface area contributed by atoms with Crippen molar-refractivity contribution in [3.05, 3.63) is 82.8 Å². The molecule has 0 aliphatic heterocycles. The average Bonchev–Trinajstić information content (AvgIpc) is 3.30. The number of aromatic carboxylic acids is 1. The summed E-state index contributed by atoms with van der Waals surface area (Å²) in [7, 11) is 0. The van der Waals surface area contributed by atoms with E-state index >= 15 is 0 Å². The number of carbonyl (C=O) groups excluding carboxylic acids is 1. The van der Waals surface area contributed by atoms with Crippen molar-refractivity contribution < 1.29 is 41.7 Å². The van der Waals surface area contributed by atoms with Crippen molar-refractivity contribution in [1.82, 2.24) is 15.1 Å². The zero-order valence-corrected chi connectivity index (χ0v) is 20.8. The average molecular weight is 550 g/mol. The maximum Gasteiger partial charge on any atom is 0.416 e. The van der Waals surface area contributed by atoms with Gasteiger partial charge in [0.05, 0.1) is 24.3 Å². The predicted molar refractivity (Wildman–Crippen MR) is 130 cm³/mol. The Morgan fingerprint density at radius 1 is 1.05 bits per heavy atom. The van der Waals surface area contributed by atoms with Gasteiger partial charge in [-0.15, -0.1) is 0 Å². The molecule has 2 aromatic carbocycles. The van der Waals surface area contributed by atoms with Crippen LogP contribution in [0.25, 0.3) is 0 Å². The van der Waals surface area contributed by atoms with Crippen molar-refractivity contribution >= 4 is 11.9 Å². The highest BCUT2D eigenvalue weighted by Crippen LogP contribution is 2.30. The molecule has 1 fully saturated rings. The number of carboxylic acids is 1. The topological polar surface area (TPSA) is 103 Å². The van der Waals surface area contributed by atoms with Crippen LogP contribution in [-0.4, -0.2) is 38.9 Å². The van der Waals surface area contributed by atoms with Crippen molar-refractivity contribution in [1.29, 1.82) is 0 Å². The van der Waals surface area contributed by atoms with Gasteiger partial charge in [0.2, 0.25) is 11.8 Å². The van der Waals surface area contributed by atoms with Gasteiger partial charge >= 0.3 is 12.1 Å². The molecular weight excluding hydrogens is 522 g/mol. The van der Waals surface area contributed by atoms with E-state index in [1.54, 1.807) is 0 Å². The summed E-state index contributed by atoms with van der Waals surface area (Å²) in [6.07, 6.45) is -1.54. The maximum atomic E-state index is 14.2. The number of nitrogens with zero attached hydrogens (tertiary/aromatic N) is 2. The van der Waals surface area contributed by atoms with Gasteiger partial charge < -0.3 is 19.9 Å². The molecule has 2 atom stereocenters. The first-order chi connectivity index (χ1) is 18.6. The van der Waals surface area contributed by atoms with Gasteiger partial charge in [-0.1, -0.05) is 49.2 Å². The van der Waals surface area contributed by atoms with Crippen LogP contribution in [0.15, 0.2) is 54.6 Å². The Hall–Kier alpha value is -3.93. The minimum Gasteiger partial charge on any atom is -0.476 e. The molecule has 2 N–H and O–H groups in total. The molecule has 1 aliphatic rings. The Kier molecular flexibility index (Phi) is 8.85. The standard InChI is InChI=1S/C27H27F4N3O5/c28-20-12-19(27(29,30)31)11-10-18(20)16-39-25-13-22(26(36)37)33-34(25)14-24(35)32-21-8-4-5-9-23(21)38-15-17-6-2-1-3-7-17/h1-3,6-7,10-13,21,23H,4-5,8-9,14-16H2,(H,32,35)(H,36,37). The van der Waals surface area contributed by atoms with Crippen LogP contribution in [0.3, 0.4) is 0 Å². The van der Waals surface area contributed by atoms with Crippen LogP contribution in [0.4, 0.5) is 17.6 Å². The summed E-state index contributed by atoms with van der Waals surface area (Å²) in [4.78, 5) is 24.3. The predicted octanol–water partition coefficient (Wildman–Crippen LogP) is 4.96. The minimum absolute atomic E-state index is 0.151. The molecule has 0 radical (unpaired) electrons. The molecule has 0 bridgehead atoms. The number of amides is 1. The van der Waals surface area contributed by atoms with Gasteiger partial charge in [-0.25, -0.2) is 13.9 Å². The van der Waals surface area contributed by atoms with E-state index in [1.807, 2.05) is 30.3 Å². The first-order valence-electron chi connectivity index (χ1n) is 12.3. The van der Waals surface area contributed by atoms with E-state index in [-0.39, 0.29) is 30.1 Å². The number of hydrogen-bond acceptors (Lipinski definition) is 5. The summed E-state index contributed by atoms with van der Waals surface area (Å²) in [5, 5.41) is 16.1. The number of hydrogen-bond donors (Lipinski definition) is 2. The molecule has 1 aromatic heterocycles. The van der Waals surface area contributed by atoms with Crippen molar-refractivity contribution in [2.75, 3.05) is 0 Å². The van der Waals surface area contributed by atoms with E-state index in [9.17, 15) is 32.3 Å². The molecule has 8 nitrogen and oxygen atoms in total. The van der Waals surface area contributed by atoms with Crippen LogP contribution in [0.1, 0.15) is 52.9 Å². The number of carbonyl (C=O) groups is 2. The van der Waals surface area contributed by atoms with E-state index in [1.165, 1.54) is 0 Å². The molecule has 0 saturated heterocycles. The van der Waals surface area contributed by atoms with Crippen LogP contribution in [0.2, 0.25) is 0 Å². The second-order valence-electron chi connectivity index (χ2n) is 9.22. The van der Waals surface area contributed by atoms with E-state index in [0.717, 1.165) is 47.7 Å². The highest BCUT2D eigenvalue weighted by Gasteiger charge is 2.31. The van der Waals surface area contributed by atoms with Gasteiger partial charge in [0.15, 0.2) is 5.69 Å². The molecule has 12 heteroatoms. The second-order valence-corrected chi connectivity index (χ2v) is 9.22. The largest absolute Gasteiger partial charge is 0.476 e. The highest BCUT2D eigenvalue weighted by atomic mass is 19.4. The quantitative estimate of drug-likeness (QED) is 0.347. The third-order valence-corrected chi connectivity index (χ3v) is 6.37. The lowest BCUT2D eigenvalue weighted by atomic mass is 9.92. The van der Waals surface area contributed by atoms with E-state index < -0.39 is 41.7 Å². The molecule has 1 saturated carbocycles. The smallest absolute Gasteiger partial charge is 0.416 e. The summed E-state index contributed by atoms with van der Waals surface area (Å²) in [6, 6.07) is 12.5. The van der Waals surface area contributed by atoms with E-state index in [4.69, 9.17) is 9.47 Å². The fraction of sp³-hybridized carbons (Fsp3) is 0.370. The lowest BCUT2D eigenvalue weighted by Gasteiger charge is -2.32. The Morgan fingerprint density at radius 2 is 1.79 bits per heavy atom. The highest BCUT2D eigenvalue weighted by molar-refractivity contribution is 5.85. The van der Waals surface area contributed by atoms with Crippen molar-refractivity contribution in [3.63, 3.8) is 0 Å². The lowest BCUT2D eigenvalue weighted by molar-refractivity contribution is -0.137. The molecule has 4 rings (SSSR count). The van der Waals surface area contributed by atoms with Crippen LogP contribution in [0, 0.1) is 5.82 Å². The molecule has 39 heavy (non-hydrogen) atoms. The van der Waals surface area contributed by atoms with Gasteiger partial charge in [-0.3, -0.25) is 4.79 Å². The molecule has 3 aromatic rings. The van der Waals surface area contributed by atoms with Crippen molar-refractivity contribution in [2.24, 2.45) is 0 Å². The number of nitrogens with one attached hydrogen (secondary N) is 1. The van der Waals surface area contributed by atoms with Crippen molar-refractivity contribution in [2.45, 2.75) is 63.8 Å². The number of benzene rings is 2. The molecule has 208 valence electrons. The number of rotatable bonds is 10.